The van der Waals surface area contributed by atoms with Crippen molar-refractivity contribution in [2.45, 2.75) is 38.6 Å². The molecule has 3 heteroatoms. The van der Waals surface area contributed by atoms with Gasteiger partial charge in [0.05, 0.1) is 13.2 Å². The second-order valence-electron chi connectivity index (χ2n) is 4.91. The molecule has 1 fully saturated rings. The van der Waals surface area contributed by atoms with Crippen LogP contribution >= 0.6 is 0 Å². The normalized spacial score (nSPS) is 16.1. The lowest BCUT2D eigenvalue weighted by molar-refractivity contribution is -0.122. The Hall–Kier alpha value is -1.51. The summed E-state index contributed by atoms with van der Waals surface area (Å²) in [6, 6.07) is 8.19. The number of carbonyl (C=O) groups is 1. The zero-order valence-corrected chi connectivity index (χ0v) is 11.1. The fourth-order valence-corrected chi connectivity index (χ4v) is 2.19. The molecule has 0 bridgehead atoms. The van der Waals surface area contributed by atoms with E-state index in [0.29, 0.717) is 12.3 Å². The average Bonchev–Trinajstić information content (AvgIpc) is 3.21. The highest BCUT2D eigenvalue weighted by Crippen LogP contribution is 2.41. The number of ether oxygens (including phenoxy) is 1. The number of rotatable bonds is 6. The maximum Gasteiger partial charge on any atom is 0.220 e. The highest BCUT2D eigenvalue weighted by molar-refractivity contribution is 5.76. The summed E-state index contributed by atoms with van der Waals surface area (Å²) in [6.45, 7) is 2.03. The van der Waals surface area contributed by atoms with Gasteiger partial charge in [0.25, 0.3) is 0 Å². The Morgan fingerprint density at radius 1 is 1.39 bits per heavy atom. The molecule has 0 radical (unpaired) electrons. The maximum absolute atomic E-state index is 11.7. The topological polar surface area (TPSA) is 38.3 Å². The lowest BCUT2D eigenvalue weighted by atomic mass is 10.0. The van der Waals surface area contributed by atoms with Gasteiger partial charge in [-0.2, -0.15) is 0 Å². The molecule has 0 saturated heterocycles. The van der Waals surface area contributed by atoms with E-state index < -0.39 is 0 Å². The van der Waals surface area contributed by atoms with Crippen LogP contribution in [0.4, 0.5) is 0 Å². The first-order valence-corrected chi connectivity index (χ1v) is 6.68. The summed E-state index contributed by atoms with van der Waals surface area (Å²) < 4.78 is 5.16. The minimum absolute atomic E-state index is 0.158. The maximum atomic E-state index is 11.7. The third-order valence-corrected chi connectivity index (χ3v) is 3.36. The zero-order valence-electron chi connectivity index (χ0n) is 11.1. The molecule has 0 unspecified atom stereocenters. The Balaban J connectivity index is 2.06. The van der Waals surface area contributed by atoms with Crippen molar-refractivity contribution in [2.75, 3.05) is 7.11 Å². The van der Waals surface area contributed by atoms with Gasteiger partial charge in [0, 0.05) is 6.42 Å². The Morgan fingerprint density at radius 3 is 2.56 bits per heavy atom. The molecule has 98 valence electrons. The van der Waals surface area contributed by atoms with Gasteiger partial charge in [-0.1, -0.05) is 19.1 Å². The molecule has 1 atom stereocenters. The molecule has 1 aromatic carbocycles. The van der Waals surface area contributed by atoms with E-state index in [1.165, 1.54) is 18.4 Å². The predicted molar refractivity (Wildman–Crippen MR) is 71.5 cm³/mol. The molecular weight excluding hydrogens is 226 g/mol. The summed E-state index contributed by atoms with van der Waals surface area (Å²) >= 11 is 0. The van der Waals surface area contributed by atoms with Crippen molar-refractivity contribution in [3.8, 4) is 5.75 Å². The first kappa shape index (κ1) is 12.9. The van der Waals surface area contributed by atoms with Crippen LogP contribution in [0.1, 0.15) is 44.2 Å². The van der Waals surface area contributed by atoms with Crippen molar-refractivity contribution in [3.05, 3.63) is 29.8 Å². The fraction of sp³-hybridized carbons (Fsp3) is 0.533. The number of methoxy groups -OCH3 is 1. The molecule has 1 aliphatic rings. The molecule has 1 saturated carbocycles. The van der Waals surface area contributed by atoms with Gasteiger partial charge in [0.1, 0.15) is 5.75 Å². The number of carbonyl (C=O) groups excluding carboxylic acids is 1. The van der Waals surface area contributed by atoms with Crippen LogP contribution in [0.3, 0.4) is 0 Å². The first-order valence-electron chi connectivity index (χ1n) is 6.68. The van der Waals surface area contributed by atoms with E-state index in [9.17, 15) is 4.79 Å². The molecule has 2 rings (SSSR count). The second-order valence-corrected chi connectivity index (χ2v) is 4.91. The standard InChI is InChI=1S/C15H21NO2/c1-3-4-14(17)16-15(11-5-6-11)12-7-9-13(18-2)10-8-12/h7-11,15H,3-6H2,1-2H3,(H,16,17)/t15-/m0/s1. The van der Waals surface area contributed by atoms with Crippen LogP contribution in [-0.2, 0) is 4.79 Å². The summed E-state index contributed by atoms with van der Waals surface area (Å²) in [5.74, 6) is 1.62. The number of hydrogen-bond acceptors (Lipinski definition) is 2. The summed E-state index contributed by atoms with van der Waals surface area (Å²) in [4.78, 5) is 11.7. The van der Waals surface area contributed by atoms with Gasteiger partial charge in [-0.15, -0.1) is 0 Å². The van der Waals surface area contributed by atoms with Crippen LogP contribution in [-0.4, -0.2) is 13.0 Å². The predicted octanol–water partition coefficient (Wildman–Crippen LogP) is 3.06. The van der Waals surface area contributed by atoms with E-state index in [1.54, 1.807) is 7.11 Å². The third-order valence-electron chi connectivity index (χ3n) is 3.36. The Morgan fingerprint density at radius 2 is 2.06 bits per heavy atom. The van der Waals surface area contributed by atoms with Crippen LogP contribution in [0.25, 0.3) is 0 Å². The number of nitrogens with one attached hydrogen (secondary N) is 1. The van der Waals surface area contributed by atoms with Gasteiger partial charge in [-0.25, -0.2) is 0 Å². The summed E-state index contributed by atoms with van der Waals surface area (Å²) in [6.07, 6.45) is 3.93. The van der Waals surface area contributed by atoms with E-state index in [2.05, 4.69) is 5.32 Å². The lowest BCUT2D eigenvalue weighted by Crippen LogP contribution is -2.29. The Kier molecular flexibility index (Phi) is 4.24. The Bertz CT molecular complexity index is 395. The quantitative estimate of drug-likeness (QED) is 0.839. The molecule has 0 aromatic heterocycles. The van der Waals surface area contributed by atoms with Gasteiger partial charge in [-0.05, 0) is 42.9 Å². The van der Waals surface area contributed by atoms with Crippen LogP contribution < -0.4 is 10.1 Å². The molecule has 1 aliphatic carbocycles. The van der Waals surface area contributed by atoms with Crippen LogP contribution in [0, 0.1) is 5.92 Å². The average molecular weight is 247 g/mol. The van der Waals surface area contributed by atoms with E-state index >= 15 is 0 Å². The molecule has 1 N–H and O–H groups in total. The van der Waals surface area contributed by atoms with Crippen LogP contribution in [0.5, 0.6) is 5.75 Å². The molecule has 1 aromatic rings. The van der Waals surface area contributed by atoms with Gasteiger partial charge in [0.2, 0.25) is 5.91 Å². The van der Waals surface area contributed by atoms with Crippen molar-refractivity contribution >= 4 is 5.91 Å². The van der Waals surface area contributed by atoms with Gasteiger partial charge < -0.3 is 10.1 Å². The van der Waals surface area contributed by atoms with Gasteiger partial charge in [-0.3, -0.25) is 4.79 Å². The van der Waals surface area contributed by atoms with Crippen molar-refractivity contribution in [2.24, 2.45) is 5.92 Å². The van der Waals surface area contributed by atoms with Crippen LogP contribution in [0.2, 0.25) is 0 Å². The van der Waals surface area contributed by atoms with E-state index in [-0.39, 0.29) is 11.9 Å². The third kappa shape index (κ3) is 3.25. The molecular formula is C15H21NO2. The molecule has 0 spiro atoms. The number of amides is 1. The monoisotopic (exact) mass is 247 g/mol. The fourth-order valence-electron chi connectivity index (χ4n) is 2.19. The van der Waals surface area contributed by atoms with Crippen molar-refractivity contribution in [1.82, 2.24) is 5.32 Å². The number of hydrogen-bond donors (Lipinski definition) is 1. The highest BCUT2D eigenvalue weighted by atomic mass is 16.5. The molecule has 0 aliphatic heterocycles. The minimum atomic E-state index is 0.158. The summed E-state index contributed by atoms with van der Waals surface area (Å²) in [5.41, 5.74) is 1.18. The molecule has 3 nitrogen and oxygen atoms in total. The zero-order chi connectivity index (χ0) is 13.0. The first-order chi connectivity index (χ1) is 8.74. The van der Waals surface area contributed by atoms with Crippen LogP contribution in [0.15, 0.2) is 24.3 Å². The summed E-state index contributed by atoms with van der Waals surface area (Å²) in [5, 5.41) is 3.15. The van der Waals surface area contributed by atoms with Gasteiger partial charge >= 0.3 is 0 Å². The molecule has 1 amide bonds. The van der Waals surface area contributed by atoms with E-state index in [4.69, 9.17) is 4.74 Å². The minimum Gasteiger partial charge on any atom is -0.497 e. The van der Waals surface area contributed by atoms with Crippen molar-refractivity contribution in [3.63, 3.8) is 0 Å². The lowest BCUT2D eigenvalue weighted by Gasteiger charge is -2.19. The van der Waals surface area contributed by atoms with Crippen molar-refractivity contribution in [1.29, 1.82) is 0 Å². The highest BCUT2D eigenvalue weighted by Gasteiger charge is 2.33. The summed E-state index contributed by atoms with van der Waals surface area (Å²) in [7, 11) is 1.66. The molecule has 0 heterocycles. The van der Waals surface area contributed by atoms with Gasteiger partial charge in [0.15, 0.2) is 0 Å². The number of benzene rings is 1. The largest absolute Gasteiger partial charge is 0.497 e. The van der Waals surface area contributed by atoms with E-state index in [1.807, 2.05) is 31.2 Å². The molecule has 18 heavy (non-hydrogen) atoms. The smallest absolute Gasteiger partial charge is 0.220 e. The SMILES string of the molecule is CCCC(=O)N[C@H](c1ccc(OC)cc1)C1CC1. The van der Waals surface area contributed by atoms with Crippen molar-refractivity contribution < 1.29 is 9.53 Å². The Labute approximate surface area is 109 Å². The second kappa shape index (κ2) is 5.89. The van der Waals surface area contributed by atoms with E-state index in [0.717, 1.165) is 12.2 Å².